The summed E-state index contributed by atoms with van der Waals surface area (Å²) in [7, 11) is 0. The molecule has 1 unspecified atom stereocenters. The van der Waals surface area contributed by atoms with E-state index in [9.17, 15) is 9.50 Å². The predicted molar refractivity (Wildman–Crippen MR) is 74.4 cm³/mol. The van der Waals surface area contributed by atoms with E-state index >= 15 is 0 Å². The van der Waals surface area contributed by atoms with Crippen molar-refractivity contribution in [1.29, 1.82) is 0 Å². The lowest BCUT2D eigenvalue weighted by molar-refractivity contribution is 0.195. The summed E-state index contributed by atoms with van der Waals surface area (Å²) in [5, 5.41) is 9.78. The minimum atomic E-state index is -0.635. The first-order chi connectivity index (χ1) is 9.22. The fourth-order valence-corrected chi connectivity index (χ4v) is 2.30. The molecule has 2 nitrogen and oxygen atoms in total. The third-order valence-corrected chi connectivity index (χ3v) is 3.57. The van der Waals surface area contributed by atoms with Gasteiger partial charge < -0.3 is 10.8 Å². The molecule has 100 valence electrons. The highest BCUT2D eigenvalue weighted by atomic mass is 19.1. The average molecular weight is 259 g/mol. The van der Waals surface area contributed by atoms with Crippen LogP contribution in [0, 0.1) is 5.82 Å². The molecular formula is C16H18FNO. The Hall–Kier alpha value is -1.71. The van der Waals surface area contributed by atoms with Gasteiger partial charge in [-0.1, -0.05) is 48.5 Å². The Morgan fingerprint density at radius 1 is 1.00 bits per heavy atom. The Balaban J connectivity index is 2.38. The van der Waals surface area contributed by atoms with Crippen molar-refractivity contribution in [2.45, 2.75) is 11.8 Å². The zero-order valence-electron chi connectivity index (χ0n) is 10.7. The Kier molecular flexibility index (Phi) is 4.30. The molecule has 0 fully saturated rings. The lowest BCUT2D eigenvalue weighted by Gasteiger charge is -2.31. The first-order valence-corrected chi connectivity index (χ1v) is 6.32. The van der Waals surface area contributed by atoms with Crippen LogP contribution in [0.2, 0.25) is 0 Å². The van der Waals surface area contributed by atoms with Crippen LogP contribution in [-0.2, 0) is 11.8 Å². The van der Waals surface area contributed by atoms with Gasteiger partial charge in [0.15, 0.2) is 0 Å². The molecule has 3 heteroatoms. The normalized spacial score (nSPS) is 14.1. The summed E-state index contributed by atoms with van der Waals surface area (Å²) >= 11 is 0. The maximum absolute atomic E-state index is 13.8. The molecule has 0 saturated heterocycles. The standard InChI is InChI=1S/C16H18FNO/c17-15-9-5-4-6-13(15)10-16(11-18,12-19)14-7-2-1-3-8-14/h1-9,19H,10-12,18H2. The summed E-state index contributed by atoms with van der Waals surface area (Å²) in [6, 6.07) is 16.2. The van der Waals surface area contributed by atoms with Crippen molar-refractivity contribution in [2.75, 3.05) is 13.2 Å². The maximum atomic E-state index is 13.8. The molecule has 0 bridgehead atoms. The van der Waals surface area contributed by atoms with Gasteiger partial charge in [-0.05, 0) is 23.6 Å². The highest BCUT2D eigenvalue weighted by Gasteiger charge is 2.31. The van der Waals surface area contributed by atoms with Crippen LogP contribution in [0.1, 0.15) is 11.1 Å². The maximum Gasteiger partial charge on any atom is 0.126 e. The zero-order valence-corrected chi connectivity index (χ0v) is 10.7. The second-order valence-corrected chi connectivity index (χ2v) is 4.78. The summed E-state index contributed by atoms with van der Waals surface area (Å²) in [5.74, 6) is -0.260. The van der Waals surface area contributed by atoms with Crippen LogP contribution in [-0.4, -0.2) is 18.3 Å². The largest absolute Gasteiger partial charge is 0.395 e. The summed E-state index contributed by atoms with van der Waals surface area (Å²) in [5.41, 5.74) is 6.74. The molecule has 2 aromatic carbocycles. The van der Waals surface area contributed by atoms with Gasteiger partial charge in [0.2, 0.25) is 0 Å². The number of benzene rings is 2. The predicted octanol–water partition coefficient (Wildman–Crippen LogP) is 2.26. The van der Waals surface area contributed by atoms with Gasteiger partial charge >= 0.3 is 0 Å². The Labute approximate surface area is 112 Å². The summed E-state index contributed by atoms with van der Waals surface area (Å²) in [4.78, 5) is 0. The van der Waals surface area contributed by atoms with Crippen molar-refractivity contribution >= 4 is 0 Å². The van der Waals surface area contributed by atoms with Gasteiger partial charge in [0.1, 0.15) is 5.82 Å². The van der Waals surface area contributed by atoms with Gasteiger partial charge in [-0.15, -0.1) is 0 Å². The number of halogens is 1. The minimum Gasteiger partial charge on any atom is -0.395 e. The minimum absolute atomic E-state index is 0.109. The third-order valence-electron chi connectivity index (χ3n) is 3.57. The SMILES string of the molecule is NCC(CO)(Cc1ccccc1F)c1ccccc1. The molecule has 0 aliphatic heterocycles. The highest BCUT2D eigenvalue weighted by molar-refractivity contribution is 5.31. The number of aliphatic hydroxyl groups is 1. The van der Waals surface area contributed by atoms with E-state index in [0.717, 1.165) is 5.56 Å². The second-order valence-electron chi connectivity index (χ2n) is 4.78. The van der Waals surface area contributed by atoms with Crippen molar-refractivity contribution in [2.24, 2.45) is 5.73 Å². The molecule has 2 rings (SSSR count). The molecular weight excluding hydrogens is 241 g/mol. The Morgan fingerprint density at radius 2 is 1.63 bits per heavy atom. The molecule has 0 aliphatic carbocycles. The molecule has 0 radical (unpaired) electrons. The number of aliphatic hydroxyl groups excluding tert-OH is 1. The van der Waals surface area contributed by atoms with Gasteiger partial charge in [0.25, 0.3) is 0 Å². The van der Waals surface area contributed by atoms with Crippen LogP contribution in [0.5, 0.6) is 0 Å². The number of nitrogens with two attached hydrogens (primary N) is 1. The van der Waals surface area contributed by atoms with Gasteiger partial charge in [0.05, 0.1) is 6.61 Å². The summed E-state index contributed by atoms with van der Waals surface area (Å²) in [6.45, 7) is 0.156. The first-order valence-electron chi connectivity index (χ1n) is 6.32. The summed E-state index contributed by atoms with van der Waals surface area (Å²) in [6.07, 6.45) is 0.386. The molecule has 0 saturated carbocycles. The third kappa shape index (κ3) is 2.83. The van der Waals surface area contributed by atoms with Crippen molar-refractivity contribution in [3.05, 3.63) is 71.5 Å². The number of hydrogen-bond acceptors (Lipinski definition) is 2. The van der Waals surface area contributed by atoms with Gasteiger partial charge in [-0.25, -0.2) is 4.39 Å². The van der Waals surface area contributed by atoms with Crippen LogP contribution < -0.4 is 5.73 Å². The smallest absolute Gasteiger partial charge is 0.126 e. The molecule has 19 heavy (non-hydrogen) atoms. The van der Waals surface area contributed by atoms with Crippen LogP contribution in [0.25, 0.3) is 0 Å². The fraction of sp³-hybridized carbons (Fsp3) is 0.250. The van der Waals surface area contributed by atoms with E-state index in [1.165, 1.54) is 6.07 Å². The lowest BCUT2D eigenvalue weighted by atomic mass is 9.76. The quantitative estimate of drug-likeness (QED) is 0.865. The number of hydrogen-bond donors (Lipinski definition) is 2. The highest BCUT2D eigenvalue weighted by Crippen LogP contribution is 2.28. The number of rotatable bonds is 5. The van der Waals surface area contributed by atoms with E-state index in [1.54, 1.807) is 18.2 Å². The van der Waals surface area contributed by atoms with E-state index < -0.39 is 5.41 Å². The zero-order chi connectivity index (χ0) is 13.7. The molecule has 0 aliphatic rings. The van der Waals surface area contributed by atoms with Crippen LogP contribution in [0.3, 0.4) is 0 Å². The fourth-order valence-electron chi connectivity index (χ4n) is 2.30. The molecule has 0 aromatic heterocycles. The van der Waals surface area contributed by atoms with Gasteiger partial charge in [0, 0.05) is 12.0 Å². The molecule has 0 spiro atoms. The van der Waals surface area contributed by atoms with E-state index in [-0.39, 0.29) is 19.0 Å². The topological polar surface area (TPSA) is 46.2 Å². The van der Waals surface area contributed by atoms with Crippen molar-refractivity contribution in [3.8, 4) is 0 Å². The average Bonchev–Trinajstić information content (AvgIpc) is 2.48. The monoisotopic (exact) mass is 259 g/mol. The second kappa shape index (κ2) is 5.95. The Bertz CT molecular complexity index is 523. The lowest BCUT2D eigenvalue weighted by Crippen LogP contribution is -2.41. The molecule has 1 atom stereocenters. The van der Waals surface area contributed by atoms with E-state index in [2.05, 4.69) is 0 Å². The van der Waals surface area contributed by atoms with Gasteiger partial charge in [-0.3, -0.25) is 0 Å². The van der Waals surface area contributed by atoms with E-state index in [1.807, 2.05) is 30.3 Å². The first kappa shape index (κ1) is 13.7. The molecule has 0 heterocycles. The van der Waals surface area contributed by atoms with E-state index in [4.69, 9.17) is 5.73 Å². The van der Waals surface area contributed by atoms with Crippen LogP contribution in [0.15, 0.2) is 54.6 Å². The van der Waals surface area contributed by atoms with Crippen molar-refractivity contribution in [3.63, 3.8) is 0 Å². The molecule has 3 N–H and O–H groups in total. The van der Waals surface area contributed by atoms with Crippen molar-refractivity contribution < 1.29 is 9.50 Å². The molecule has 2 aromatic rings. The van der Waals surface area contributed by atoms with Crippen molar-refractivity contribution in [1.82, 2.24) is 0 Å². The summed E-state index contributed by atoms with van der Waals surface area (Å²) < 4.78 is 13.8. The molecule has 0 amide bonds. The van der Waals surface area contributed by atoms with Gasteiger partial charge in [-0.2, -0.15) is 0 Å². The van der Waals surface area contributed by atoms with E-state index in [0.29, 0.717) is 12.0 Å². The van der Waals surface area contributed by atoms with Crippen LogP contribution >= 0.6 is 0 Å². The Morgan fingerprint density at radius 3 is 2.21 bits per heavy atom. The van der Waals surface area contributed by atoms with Crippen LogP contribution in [0.4, 0.5) is 4.39 Å².